The molecule has 29 heavy (non-hydrogen) atoms. The first-order valence-electron chi connectivity index (χ1n) is 10.5. The van der Waals surface area contributed by atoms with Crippen molar-refractivity contribution in [3.63, 3.8) is 0 Å². The molecule has 1 aromatic carbocycles. The molecule has 3 heterocycles. The molecule has 1 aromatic heterocycles. The van der Waals surface area contributed by atoms with E-state index < -0.39 is 4.92 Å². The number of nitrogen functional groups attached to an aromatic ring is 1. The molecule has 2 aliphatic rings. The molecule has 2 saturated heterocycles. The maximum Gasteiger partial charge on any atom is 0.353 e. The smallest absolute Gasteiger partial charge is 0.353 e. The van der Waals surface area contributed by atoms with Gasteiger partial charge in [-0.2, -0.15) is 9.97 Å². The van der Waals surface area contributed by atoms with E-state index in [0.717, 1.165) is 64.7 Å². The van der Waals surface area contributed by atoms with E-state index in [2.05, 4.69) is 39.1 Å². The second kappa shape index (κ2) is 8.63. The SMILES string of the molecule is Nc1nc(N2CCC(Cc3ccccc3)CC2)nc(N2CCCCC2)c1[N+](=O)[O-]. The zero-order valence-electron chi connectivity index (χ0n) is 16.7. The molecule has 2 fully saturated rings. The second-order valence-corrected chi connectivity index (χ2v) is 8.01. The Morgan fingerprint density at radius 1 is 1.00 bits per heavy atom. The van der Waals surface area contributed by atoms with Crippen molar-refractivity contribution >= 4 is 23.3 Å². The molecule has 2 N–H and O–H groups in total. The van der Waals surface area contributed by atoms with E-state index in [4.69, 9.17) is 5.73 Å². The van der Waals surface area contributed by atoms with E-state index in [1.54, 1.807) is 0 Å². The lowest BCUT2D eigenvalue weighted by Crippen LogP contribution is -2.37. The fourth-order valence-electron chi connectivity index (χ4n) is 4.38. The summed E-state index contributed by atoms with van der Waals surface area (Å²) in [5.74, 6) is 1.49. The van der Waals surface area contributed by atoms with Crippen LogP contribution in [0, 0.1) is 16.0 Å². The minimum absolute atomic E-state index is 0.0352. The number of nitrogens with two attached hydrogens (primary N) is 1. The summed E-state index contributed by atoms with van der Waals surface area (Å²) in [5.41, 5.74) is 7.23. The first-order chi connectivity index (χ1) is 14.1. The van der Waals surface area contributed by atoms with Crippen LogP contribution in [0.1, 0.15) is 37.7 Å². The quantitative estimate of drug-likeness (QED) is 0.610. The van der Waals surface area contributed by atoms with Gasteiger partial charge in [0.05, 0.1) is 4.92 Å². The number of hydrogen-bond donors (Lipinski definition) is 1. The van der Waals surface area contributed by atoms with Gasteiger partial charge in [0, 0.05) is 26.2 Å². The van der Waals surface area contributed by atoms with Gasteiger partial charge in [0.25, 0.3) is 0 Å². The first-order valence-corrected chi connectivity index (χ1v) is 10.5. The first kappa shape index (κ1) is 19.4. The van der Waals surface area contributed by atoms with E-state index in [1.165, 1.54) is 5.56 Å². The lowest BCUT2D eigenvalue weighted by molar-refractivity contribution is -0.383. The topological polar surface area (TPSA) is 101 Å². The molecule has 0 saturated carbocycles. The van der Waals surface area contributed by atoms with E-state index in [-0.39, 0.29) is 11.5 Å². The third-order valence-corrected chi connectivity index (χ3v) is 5.98. The van der Waals surface area contributed by atoms with Gasteiger partial charge in [-0.15, -0.1) is 0 Å². The molecule has 2 aromatic rings. The largest absolute Gasteiger partial charge is 0.378 e. The number of anilines is 3. The van der Waals surface area contributed by atoms with Crippen LogP contribution in [0.2, 0.25) is 0 Å². The van der Waals surface area contributed by atoms with Gasteiger partial charge < -0.3 is 15.5 Å². The monoisotopic (exact) mass is 396 g/mol. The molecule has 0 spiro atoms. The van der Waals surface area contributed by atoms with Crippen LogP contribution >= 0.6 is 0 Å². The Morgan fingerprint density at radius 2 is 1.69 bits per heavy atom. The number of piperidine rings is 2. The maximum atomic E-state index is 11.6. The fraction of sp³-hybridized carbons (Fsp3) is 0.524. The summed E-state index contributed by atoms with van der Waals surface area (Å²) < 4.78 is 0. The minimum atomic E-state index is -0.449. The van der Waals surface area contributed by atoms with Crippen molar-refractivity contribution in [3.8, 4) is 0 Å². The normalized spacial score (nSPS) is 18.1. The Bertz CT molecular complexity index is 846. The van der Waals surface area contributed by atoms with Gasteiger partial charge in [-0.1, -0.05) is 30.3 Å². The van der Waals surface area contributed by atoms with Gasteiger partial charge in [0.1, 0.15) is 0 Å². The summed E-state index contributed by atoms with van der Waals surface area (Å²) in [4.78, 5) is 24.2. The number of aromatic nitrogens is 2. The zero-order chi connectivity index (χ0) is 20.2. The van der Waals surface area contributed by atoms with Crippen LogP contribution in [-0.2, 0) is 6.42 Å². The maximum absolute atomic E-state index is 11.6. The van der Waals surface area contributed by atoms with Crippen LogP contribution in [0.15, 0.2) is 30.3 Å². The second-order valence-electron chi connectivity index (χ2n) is 8.01. The molecule has 0 bridgehead atoms. The molecule has 2 aliphatic heterocycles. The van der Waals surface area contributed by atoms with Crippen LogP contribution in [-0.4, -0.2) is 41.1 Å². The third-order valence-electron chi connectivity index (χ3n) is 5.98. The number of nitrogens with zero attached hydrogens (tertiary/aromatic N) is 5. The highest BCUT2D eigenvalue weighted by Gasteiger charge is 2.30. The van der Waals surface area contributed by atoms with Crippen molar-refractivity contribution < 1.29 is 4.92 Å². The average Bonchev–Trinajstić information content (AvgIpc) is 2.75. The summed E-state index contributed by atoms with van der Waals surface area (Å²) in [6.07, 6.45) is 6.36. The Balaban J connectivity index is 1.50. The lowest BCUT2D eigenvalue weighted by atomic mass is 9.90. The van der Waals surface area contributed by atoms with Crippen molar-refractivity contribution in [2.75, 3.05) is 41.7 Å². The van der Waals surface area contributed by atoms with Crippen molar-refractivity contribution in [3.05, 3.63) is 46.0 Å². The molecule has 0 radical (unpaired) electrons. The van der Waals surface area contributed by atoms with Gasteiger partial charge >= 0.3 is 5.69 Å². The van der Waals surface area contributed by atoms with E-state index in [1.807, 2.05) is 11.0 Å². The predicted molar refractivity (Wildman–Crippen MR) is 114 cm³/mol. The number of hydrogen-bond acceptors (Lipinski definition) is 7. The summed E-state index contributed by atoms with van der Waals surface area (Å²) in [7, 11) is 0. The predicted octanol–water partition coefficient (Wildman–Crippen LogP) is 3.42. The lowest BCUT2D eigenvalue weighted by Gasteiger charge is -2.33. The Kier molecular flexibility index (Phi) is 5.78. The summed E-state index contributed by atoms with van der Waals surface area (Å²) >= 11 is 0. The molecule has 8 nitrogen and oxygen atoms in total. The molecular formula is C21H28N6O2. The van der Waals surface area contributed by atoms with Crippen molar-refractivity contribution in [1.82, 2.24) is 9.97 Å². The van der Waals surface area contributed by atoms with Crippen LogP contribution in [0.5, 0.6) is 0 Å². The zero-order valence-corrected chi connectivity index (χ0v) is 16.7. The van der Waals surface area contributed by atoms with Gasteiger partial charge in [-0.05, 0) is 50.0 Å². The van der Waals surface area contributed by atoms with Crippen LogP contribution in [0.3, 0.4) is 0 Å². The Hall–Kier alpha value is -2.90. The van der Waals surface area contributed by atoms with Gasteiger partial charge in [-0.3, -0.25) is 10.1 Å². The molecule has 4 rings (SSSR count). The fourth-order valence-corrected chi connectivity index (χ4v) is 4.38. The van der Waals surface area contributed by atoms with E-state index in [9.17, 15) is 10.1 Å². The highest BCUT2D eigenvalue weighted by molar-refractivity contribution is 5.71. The van der Waals surface area contributed by atoms with Crippen LogP contribution in [0.4, 0.5) is 23.3 Å². The highest BCUT2D eigenvalue weighted by atomic mass is 16.6. The third kappa shape index (κ3) is 4.41. The summed E-state index contributed by atoms with van der Waals surface area (Å²) in [5, 5.41) is 11.6. The van der Waals surface area contributed by atoms with Crippen molar-refractivity contribution in [1.29, 1.82) is 0 Å². The highest BCUT2D eigenvalue weighted by Crippen LogP contribution is 2.35. The molecule has 0 amide bonds. The van der Waals surface area contributed by atoms with E-state index >= 15 is 0 Å². The molecule has 0 atom stereocenters. The van der Waals surface area contributed by atoms with E-state index in [0.29, 0.717) is 17.7 Å². The molecule has 8 heteroatoms. The Morgan fingerprint density at radius 3 is 2.34 bits per heavy atom. The molecular weight excluding hydrogens is 368 g/mol. The van der Waals surface area contributed by atoms with Crippen molar-refractivity contribution in [2.45, 2.75) is 38.5 Å². The van der Waals surface area contributed by atoms with Crippen LogP contribution in [0.25, 0.3) is 0 Å². The number of rotatable bonds is 5. The average molecular weight is 396 g/mol. The number of nitro groups is 1. The van der Waals surface area contributed by atoms with Crippen molar-refractivity contribution in [2.24, 2.45) is 5.92 Å². The van der Waals surface area contributed by atoms with Crippen LogP contribution < -0.4 is 15.5 Å². The molecule has 154 valence electrons. The number of benzene rings is 1. The summed E-state index contributed by atoms with van der Waals surface area (Å²) in [6.45, 7) is 3.23. The van der Waals surface area contributed by atoms with Gasteiger partial charge in [0.2, 0.25) is 17.6 Å². The van der Waals surface area contributed by atoms with Gasteiger partial charge in [0.15, 0.2) is 0 Å². The minimum Gasteiger partial charge on any atom is -0.378 e. The molecule has 0 unspecified atom stereocenters. The van der Waals surface area contributed by atoms with Gasteiger partial charge in [-0.25, -0.2) is 0 Å². The summed E-state index contributed by atoms with van der Waals surface area (Å²) in [6, 6.07) is 10.6. The Labute approximate surface area is 170 Å². The standard InChI is InChI=1S/C21H28N6O2/c22-19-18(27(28)29)20(25-11-5-2-6-12-25)24-21(23-19)26-13-9-17(10-14-26)15-16-7-3-1-4-8-16/h1,3-4,7-8,17H,2,5-6,9-15H2,(H2,22,23,24). The molecule has 0 aliphatic carbocycles.